The van der Waals surface area contributed by atoms with Crippen molar-refractivity contribution >= 4 is 23.5 Å². The SMILES string of the molecule is Cc1ccc(-c2csc(/C=C/c3cccc(OCc4ccccc4)c3)n2)cc1. The second-order valence-electron chi connectivity index (χ2n) is 6.62. The molecule has 0 spiro atoms. The second-order valence-corrected chi connectivity index (χ2v) is 7.51. The Hall–Kier alpha value is -3.17. The average molecular weight is 384 g/mol. The fourth-order valence-corrected chi connectivity index (χ4v) is 3.56. The highest BCUT2D eigenvalue weighted by atomic mass is 32.1. The molecule has 0 aliphatic rings. The number of aromatic nitrogens is 1. The Morgan fingerprint density at radius 2 is 1.71 bits per heavy atom. The Morgan fingerprint density at radius 1 is 0.893 bits per heavy atom. The standard InChI is InChI=1S/C25H21NOS/c1-19-10-13-22(14-11-19)24-18-28-25(26-24)15-12-20-8-5-9-23(16-20)27-17-21-6-3-2-4-7-21/h2-16,18H,17H2,1H3/b15-12+. The molecule has 0 amide bonds. The van der Waals surface area contributed by atoms with Crippen LogP contribution in [0.3, 0.4) is 0 Å². The Balaban J connectivity index is 1.43. The number of nitrogens with zero attached hydrogens (tertiary/aromatic N) is 1. The van der Waals surface area contributed by atoms with Gasteiger partial charge in [-0.25, -0.2) is 4.98 Å². The molecular weight excluding hydrogens is 362 g/mol. The third-order valence-corrected chi connectivity index (χ3v) is 5.20. The van der Waals surface area contributed by atoms with Gasteiger partial charge >= 0.3 is 0 Å². The first-order valence-electron chi connectivity index (χ1n) is 9.24. The summed E-state index contributed by atoms with van der Waals surface area (Å²) in [7, 11) is 0. The van der Waals surface area contributed by atoms with Crippen LogP contribution >= 0.6 is 11.3 Å². The van der Waals surface area contributed by atoms with E-state index < -0.39 is 0 Å². The molecule has 4 aromatic rings. The number of aryl methyl sites for hydroxylation is 1. The maximum atomic E-state index is 5.91. The van der Waals surface area contributed by atoms with E-state index in [-0.39, 0.29) is 0 Å². The predicted molar refractivity (Wildman–Crippen MR) is 118 cm³/mol. The Bertz CT molecular complexity index is 1070. The van der Waals surface area contributed by atoms with Gasteiger partial charge in [-0.1, -0.05) is 78.4 Å². The van der Waals surface area contributed by atoms with E-state index in [1.54, 1.807) is 11.3 Å². The molecule has 0 radical (unpaired) electrons. The lowest BCUT2D eigenvalue weighted by molar-refractivity contribution is 0.306. The second kappa shape index (κ2) is 8.68. The molecule has 28 heavy (non-hydrogen) atoms. The van der Waals surface area contributed by atoms with Gasteiger partial charge in [-0.15, -0.1) is 11.3 Å². The summed E-state index contributed by atoms with van der Waals surface area (Å²) < 4.78 is 5.91. The van der Waals surface area contributed by atoms with E-state index in [1.807, 2.05) is 36.4 Å². The first-order valence-corrected chi connectivity index (χ1v) is 10.1. The molecular formula is C25H21NOS. The number of ether oxygens (including phenoxy) is 1. The summed E-state index contributed by atoms with van der Waals surface area (Å²) in [5, 5.41) is 3.09. The minimum Gasteiger partial charge on any atom is -0.489 e. The third kappa shape index (κ3) is 4.76. The van der Waals surface area contributed by atoms with Gasteiger partial charge in [0.1, 0.15) is 17.4 Å². The van der Waals surface area contributed by atoms with E-state index in [1.165, 1.54) is 5.56 Å². The van der Waals surface area contributed by atoms with Crippen molar-refractivity contribution in [3.8, 4) is 17.0 Å². The first kappa shape index (κ1) is 18.2. The fourth-order valence-electron chi connectivity index (χ4n) is 2.84. The molecule has 0 bridgehead atoms. The highest BCUT2D eigenvalue weighted by Gasteiger charge is 2.02. The van der Waals surface area contributed by atoms with Crippen molar-refractivity contribution in [1.29, 1.82) is 0 Å². The topological polar surface area (TPSA) is 22.1 Å². The van der Waals surface area contributed by atoms with Gasteiger partial charge in [0.15, 0.2) is 0 Å². The number of rotatable bonds is 6. The monoisotopic (exact) mass is 383 g/mol. The summed E-state index contributed by atoms with van der Waals surface area (Å²) in [6.45, 7) is 2.66. The van der Waals surface area contributed by atoms with E-state index in [0.29, 0.717) is 6.61 Å². The molecule has 4 rings (SSSR count). The van der Waals surface area contributed by atoms with Gasteiger partial charge in [-0.3, -0.25) is 0 Å². The van der Waals surface area contributed by atoms with Gasteiger partial charge in [-0.2, -0.15) is 0 Å². The van der Waals surface area contributed by atoms with E-state index in [0.717, 1.165) is 33.1 Å². The zero-order chi connectivity index (χ0) is 19.2. The van der Waals surface area contributed by atoms with Gasteiger partial charge in [0.25, 0.3) is 0 Å². The smallest absolute Gasteiger partial charge is 0.120 e. The normalized spacial score (nSPS) is 11.0. The number of hydrogen-bond donors (Lipinski definition) is 0. The van der Waals surface area contributed by atoms with Crippen LogP contribution in [0.2, 0.25) is 0 Å². The van der Waals surface area contributed by atoms with E-state index in [4.69, 9.17) is 9.72 Å². The van der Waals surface area contributed by atoms with Crippen LogP contribution in [0.15, 0.2) is 84.2 Å². The van der Waals surface area contributed by atoms with Crippen molar-refractivity contribution in [3.05, 3.63) is 106 Å². The summed E-state index contributed by atoms with van der Waals surface area (Å²) in [5.74, 6) is 0.866. The van der Waals surface area contributed by atoms with Gasteiger partial charge in [0, 0.05) is 10.9 Å². The third-order valence-electron chi connectivity index (χ3n) is 4.39. The first-order chi connectivity index (χ1) is 13.8. The Morgan fingerprint density at radius 3 is 2.54 bits per heavy atom. The molecule has 3 aromatic carbocycles. The molecule has 1 aromatic heterocycles. The lowest BCUT2D eigenvalue weighted by atomic mass is 10.1. The van der Waals surface area contributed by atoms with Crippen LogP contribution in [0.4, 0.5) is 0 Å². The number of hydrogen-bond acceptors (Lipinski definition) is 3. The average Bonchev–Trinajstić information content (AvgIpc) is 3.21. The highest BCUT2D eigenvalue weighted by molar-refractivity contribution is 7.10. The lowest BCUT2D eigenvalue weighted by Crippen LogP contribution is -1.94. The summed E-state index contributed by atoms with van der Waals surface area (Å²) in [6.07, 6.45) is 4.13. The van der Waals surface area contributed by atoms with Crippen LogP contribution in [-0.2, 0) is 6.61 Å². The van der Waals surface area contributed by atoms with E-state index >= 15 is 0 Å². The molecule has 0 aliphatic carbocycles. The van der Waals surface area contributed by atoms with Crippen LogP contribution in [0.1, 0.15) is 21.7 Å². The molecule has 138 valence electrons. The fraction of sp³-hybridized carbons (Fsp3) is 0.0800. The van der Waals surface area contributed by atoms with Crippen molar-refractivity contribution in [2.75, 3.05) is 0 Å². The predicted octanol–water partition coefficient (Wildman–Crippen LogP) is 6.87. The highest BCUT2D eigenvalue weighted by Crippen LogP contribution is 2.24. The molecule has 0 saturated carbocycles. The van der Waals surface area contributed by atoms with E-state index in [9.17, 15) is 0 Å². The lowest BCUT2D eigenvalue weighted by Gasteiger charge is -2.06. The maximum Gasteiger partial charge on any atom is 0.120 e. The Labute approximate surface area is 169 Å². The van der Waals surface area contributed by atoms with Gasteiger partial charge < -0.3 is 4.74 Å². The molecule has 0 unspecified atom stereocenters. The van der Waals surface area contributed by atoms with Crippen molar-refractivity contribution in [2.24, 2.45) is 0 Å². The van der Waals surface area contributed by atoms with Gasteiger partial charge in [-0.05, 0) is 36.3 Å². The van der Waals surface area contributed by atoms with Crippen LogP contribution in [-0.4, -0.2) is 4.98 Å². The molecule has 0 aliphatic heterocycles. The summed E-state index contributed by atoms with van der Waals surface area (Å²) in [4.78, 5) is 4.72. The zero-order valence-corrected chi connectivity index (χ0v) is 16.5. The van der Waals surface area contributed by atoms with Crippen LogP contribution in [0.25, 0.3) is 23.4 Å². The van der Waals surface area contributed by atoms with E-state index in [2.05, 4.69) is 66.9 Å². The van der Waals surface area contributed by atoms with Crippen molar-refractivity contribution in [2.45, 2.75) is 13.5 Å². The quantitative estimate of drug-likeness (QED) is 0.362. The number of benzene rings is 3. The van der Waals surface area contributed by atoms with Crippen LogP contribution in [0.5, 0.6) is 5.75 Å². The van der Waals surface area contributed by atoms with Crippen LogP contribution in [0, 0.1) is 6.92 Å². The van der Waals surface area contributed by atoms with Crippen molar-refractivity contribution < 1.29 is 4.74 Å². The molecule has 3 heteroatoms. The molecule has 1 heterocycles. The number of thiazole rings is 1. The summed E-state index contributed by atoms with van der Waals surface area (Å²) in [5.41, 5.74) is 5.68. The molecule has 0 N–H and O–H groups in total. The largest absolute Gasteiger partial charge is 0.489 e. The minimum absolute atomic E-state index is 0.570. The molecule has 0 fully saturated rings. The van der Waals surface area contributed by atoms with Gasteiger partial charge in [0.2, 0.25) is 0 Å². The summed E-state index contributed by atoms with van der Waals surface area (Å²) in [6, 6.07) is 26.8. The molecule has 0 saturated heterocycles. The van der Waals surface area contributed by atoms with Crippen LogP contribution < -0.4 is 4.74 Å². The Kier molecular flexibility index (Phi) is 5.64. The maximum absolute atomic E-state index is 5.91. The molecule has 2 nitrogen and oxygen atoms in total. The minimum atomic E-state index is 0.570. The van der Waals surface area contributed by atoms with Crippen molar-refractivity contribution in [1.82, 2.24) is 4.98 Å². The molecule has 0 atom stereocenters. The van der Waals surface area contributed by atoms with Gasteiger partial charge in [0.05, 0.1) is 5.69 Å². The zero-order valence-electron chi connectivity index (χ0n) is 15.7. The van der Waals surface area contributed by atoms with Crippen molar-refractivity contribution in [3.63, 3.8) is 0 Å². The summed E-state index contributed by atoms with van der Waals surface area (Å²) >= 11 is 1.65.